The van der Waals surface area contributed by atoms with E-state index in [9.17, 15) is 9.59 Å². The number of hydrogen-bond donors (Lipinski definition) is 1. The van der Waals surface area contributed by atoms with Crippen LogP contribution in [0.5, 0.6) is 5.75 Å². The lowest BCUT2D eigenvalue weighted by Gasteiger charge is -2.17. The van der Waals surface area contributed by atoms with Gasteiger partial charge in [0.05, 0.1) is 24.7 Å². The van der Waals surface area contributed by atoms with Gasteiger partial charge in [0.1, 0.15) is 5.75 Å². The first kappa shape index (κ1) is 17.1. The lowest BCUT2D eigenvalue weighted by atomic mass is 10.1. The summed E-state index contributed by atoms with van der Waals surface area (Å²) in [7, 11) is 1.58. The van der Waals surface area contributed by atoms with Gasteiger partial charge in [-0.2, -0.15) is 5.10 Å². The molecule has 0 radical (unpaired) electrons. The predicted molar refractivity (Wildman–Crippen MR) is 100 cm³/mol. The summed E-state index contributed by atoms with van der Waals surface area (Å²) in [6.07, 6.45) is 3.82. The van der Waals surface area contributed by atoms with Crippen molar-refractivity contribution >= 4 is 23.0 Å². The lowest BCUT2D eigenvalue weighted by molar-refractivity contribution is -0.126. The van der Waals surface area contributed by atoms with Crippen molar-refractivity contribution in [3.05, 3.63) is 60.4 Å². The Bertz CT molecular complexity index is 998. The minimum absolute atomic E-state index is 0.0561. The van der Waals surface area contributed by atoms with Crippen LogP contribution < -0.4 is 15.0 Å². The van der Waals surface area contributed by atoms with E-state index in [-0.39, 0.29) is 24.2 Å². The van der Waals surface area contributed by atoms with E-state index in [1.807, 2.05) is 42.6 Å². The van der Waals surface area contributed by atoms with Gasteiger partial charge in [-0.3, -0.25) is 9.59 Å². The van der Waals surface area contributed by atoms with E-state index in [1.54, 1.807) is 28.8 Å². The number of hydrogen-bond acceptors (Lipinski definition) is 4. The van der Waals surface area contributed by atoms with Crippen molar-refractivity contribution in [2.75, 3.05) is 18.6 Å². The van der Waals surface area contributed by atoms with Gasteiger partial charge < -0.3 is 15.0 Å². The monoisotopic (exact) mass is 364 g/mol. The molecule has 1 atom stereocenters. The van der Waals surface area contributed by atoms with E-state index in [0.29, 0.717) is 18.8 Å². The summed E-state index contributed by atoms with van der Waals surface area (Å²) in [4.78, 5) is 26.6. The van der Waals surface area contributed by atoms with Crippen LogP contribution in [0.2, 0.25) is 0 Å². The molecule has 138 valence electrons. The summed E-state index contributed by atoms with van der Waals surface area (Å²) >= 11 is 0. The van der Waals surface area contributed by atoms with E-state index >= 15 is 0 Å². The van der Waals surface area contributed by atoms with Gasteiger partial charge in [0.2, 0.25) is 11.8 Å². The SMILES string of the molecule is COc1cccc(N2CC(C(=O)NCc3cnn4ccccc34)CC2=O)c1. The molecule has 1 aliphatic heterocycles. The predicted octanol–water partition coefficient (Wildman–Crippen LogP) is 2.01. The maximum Gasteiger partial charge on any atom is 0.227 e. The molecule has 2 aromatic heterocycles. The molecule has 1 N–H and O–H groups in total. The molecule has 1 saturated heterocycles. The number of carbonyl (C=O) groups is 2. The average molecular weight is 364 g/mol. The zero-order valence-electron chi connectivity index (χ0n) is 15.0. The summed E-state index contributed by atoms with van der Waals surface area (Å²) in [5.74, 6) is 0.134. The van der Waals surface area contributed by atoms with Crippen LogP contribution in [0.3, 0.4) is 0 Å². The second kappa shape index (κ2) is 7.11. The smallest absolute Gasteiger partial charge is 0.227 e. The molecular formula is C20H20N4O3. The number of aromatic nitrogens is 2. The third kappa shape index (κ3) is 3.36. The molecule has 1 unspecified atom stereocenters. The van der Waals surface area contributed by atoms with E-state index in [0.717, 1.165) is 16.8 Å². The van der Waals surface area contributed by atoms with Crippen molar-refractivity contribution in [3.63, 3.8) is 0 Å². The number of fused-ring (bicyclic) bond motifs is 1. The molecule has 7 nitrogen and oxygen atoms in total. The largest absolute Gasteiger partial charge is 0.497 e. The number of nitrogens with one attached hydrogen (secondary N) is 1. The van der Waals surface area contributed by atoms with Crippen molar-refractivity contribution in [3.8, 4) is 5.75 Å². The standard InChI is InChI=1S/C20H20N4O3/c1-27-17-6-4-5-16(10-17)23-13-14(9-19(23)25)20(26)21-11-15-12-22-24-8-3-2-7-18(15)24/h2-8,10,12,14H,9,11,13H2,1H3,(H,21,26). The number of pyridine rings is 1. The van der Waals surface area contributed by atoms with Gasteiger partial charge in [-0.1, -0.05) is 12.1 Å². The Morgan fingerprint density at radius 2 is 2.19 bits per heavy atom. The number of methoxy groups -OCH3 is 1. The average Bonchev–Trinajstić information content (AvgIpc) is 3.30. The minimum atomic E-state index is -0.370. The summed E-state index contributed by atoms with van der Waals surface area (Å²) in [5.41, 5.74) is 2.65. The Morgan fingerprint density at radius 3 is 3.04 bits per heavy atom. The molecular weight excluding hydrogens is 344 g/mol. The van der Waals surface area contributed by atoms with E-state index < -0.39 is 0 Å². The first-order chi connectivity index (χ1) is 13.2. The Labute approximate surface area is 156 Å². The first-order valence-electron chi connectivity index (χ1n) is 8.79. The van der Waals surface area contributed by atoms with Crippen LogP contribution in [-0.2, 0) is 16.1 Å². The van der Waals surface area contributed by atoms with Gasteiger partial charge in [-0.05, 0) is 24.3 Å². The van der Waals surface area contributed by atoms with Crippen LogP contribution in [0, 0.1) is 5.92 Å². The molecule has 1 aromatic carbocycles. The number of anilines is 1. The van der Waals surface area contributed by atoms with Crippen LogP contribution in [0.15, 0.2) is 54.9 Å². The zero-order valence-corrected chi connectivity index (χ0v) is 15.0. The number of rotatable bonds is 5. The Hall–Kier alpha value is -3.35. The van der Waals surface area contributed by atoms with E-state index in [1.165, 1.54) is 0 Å². The lowest BCUT2D eigenvalue weighted by Crippen LogP contribution is -2.32. The van der Waals surface area contributed by atoms with Crippen LogP contribution in [0.4, 0.5) is 5.69 Å². The topological polar surface area (TPSA) is 75.9 Å². The maximum absolute atomic E-state index is 12.6. The number of ether oxygens (including phenoxy) is 1. The van der Waals surface area contributed by atoms with Crippen LogP contribution in [-0.4, -0.2) is 35.1 Å². The zero-order chi connectivity index (χ0) is 18.8. The van der Waals surface area contributed by atoms with Crippen molar-refractivity contribution < 1.29 is 14.3 Å². The van der Waals surface area contributed by atoms with Gasteiger partial charge in [0.15, 0.2) is 0 Å². The maximum atomic E-state index is 12.6. The highest BCUT2D eigenvalue weighted by Crippen LogP contribution is 2.28. The fourth-order valence-corrected chi connectivity index (χ4v) is 3.36. The van der Waals surface area contributed by atoms with Gasteiger partial charge in [-0.15, -0.1) is 0 Å². The highest BCUT2D eigenvalue weighted by Gasteiger charge is 2.35. The van der Waals surface area contributed by atoms with Crippen LogP contribution in [0.1, 0.15) is 12.0 Å². The summed E-state index contributed by atoms with van der Waals surface area (Å²) in [5, 5.41) is 7.20. The summed E-state index contributed by atoms with van der Waals surface area (Å²) in [6, 6.07) is 13.1. The van der Waals surface area contributed by atoms with Crippen LogP contribution >= 0.6 is 0 Å². The number of benzene rings is 1. The van der Waals surface area contributed by atoms with Gasteiger partial charge >= 0.3 is 0 Å². The third-order valence-electron chi connectivity index (χ3n) is 4.82. The summed E-state index contributed by atoms with van der Waals surface area (Å²) < 4.78 is 6.98. The molecule has 0 saturated carbocycles. The van der Waals surface area contributed by atoms with Gasteiger partial charge in [0.25, 0.3) is 0 Å². The number of amides is 2. The Morgan fingerprint density at radius 1 is 1.30 bits per heavy atom. The molecule has 1 aliphatic rings. The van der Waals surface area contributed by atoms with Gasteiger partial charge in [0, 0.05) is 43.0 Å². The molecule has 27 heavy (non-hydrogen) atoms. The number of nitrogens with zero attached hydrogens (tertiary/aromatic N) is 3. The second-order valence-corrected chi connectivity index (χ2v) is 6.52. The number of carbonyl (C=O) groups excluding carboxylic acids is 2. The summed E-state index contributed by atoms with van der Waals surface area (Å²) in [6.45, 7) is 0.753. The van der Waals surface area contributed by atoms with Crippen molar-refractivity contribution in [1.82, 2.24) is 14.9 Å². The molecule has 3 aromatic rings. The van der Waals surface area contributed by atoms with Crippen LogP contribution in [0.25, 0.3) is 5.52 Å². The molecule has 7 heteroatoms. The highest BCUT2D eigenvalue weighted by molar-refractivity contribution is 6.00. The minimum Gasteiger partial charge on any atom is -0.497 e. The third-order valence-corrected chi connectivity index (χ3v) is 4.82. The van der Waals surface area contributed by atoms with Crippen molar-refractivity contribution in [2.45, 2.75) is 13.0 Å². The fraction of sp³-hybridized carbons (Fsp3) is 0.250. The molecule has 0 aliphatic carbocycles. The molecule has 1 fully saturated rings. The van der Waals surface area contributed by atoms with Crippen molar-refractivity contribution in [1.29, 1.82) is 0 Å². The first-order valence-corrected chi connectivity index (χ1v) is 8.79. The van der Waals surface area contributed by atoms with Gasteiger partial charge in [-0.25, -0.2) is 4.52 Å². The van der Waals surface area contributed by atoms with E-state index in [4.69, 9.17) is 4.74 Å². The second-order valence-electron chi connectivity index (χ2n) is 6.52. The van der Waals surface area contributed by atoms with Crippen molar-refractivity contribution in [2.24, 2.45) is 5.92 Å². The normalized spacial score (nSPS) is 16.7. The highest BCUT2D eigenvalue weighted by atomic mass is 16.5. The quantitative estimate of drug-likeness (QED) is 0.751. The molecule has 0 spiro atoms. The fourth-order valence-electron chi connectivity index (χ4n) is 3.36. The molecule has 4 rings (SSSR count). The molecule has 0 bridgehead atoms. The molecule has 3 heterocycles. The van der Waals surface area contributed by atoms with E-state index in [2.05, 4.69) is 10.4 Å². The molecule has 2 amide bonds. The Kier molecular flexibility index (Phi) is 4.50. The Balaban J connectivity index is 1.41.